The molecule has 1 aromatic rings. The maximum absolute atomic E-state index is 12.1. The SMILES string of the molecule is CCNC(=NCc1ccc(OCC(F)(F)F)nc1)NC(C)CCS(C)(=O)=O. The zero-order chi connectivity index (χ0) is 20.5. The number of hydrogen-bond donors (Lipinski definition) is 2. The van der Waals surface area contributed by atoms with E-state index >= 15 is 0 Å². The molecule has 0 aromatic carbocycles. The lowest BCUT2D eigenvalue weighted by atomic mass is 10.2. The normalized spacial score (nSPS) is 13.9. The van der Waals surface area contributed by atoms with E-state index in [0.717, 1.165) is 0 Å². The predicted molar refractivity (Wildman–Crippen MR) is 97.5 cm³/mol. The molecule has 154 valence electrons. The number of nitrogens with one attached hydrogen (secondary N) is 2. The van der Waals surface area contributed by atoms with Crippen LogP contribution < -0.4 is 15.4 Å². The van der Waals surface area contributed by atoms with Gasteiger partial charge >= 0.3 is 6.18 Å². The van der Waals surface area contributed by atoms with E-state index in [1.165, 1.54) is 18.5 Å². The molecule has 1 aromatic heterocycles. The van der Waals surface area contributed by atoms with Gasteiger partial charge in [0.05, 0.1) is 12.3 Å². The standard InChI is InChI=1S/C16H25F3N4O3S/c1-4-20-15(23-12(2)7-8-27(3,24)25)22-10-13-5-6-14(21-9-13)26-11-16(17,18)19/h5-6,9,12H,4,7-8,10-11H2,1-3H3,(H2,20,22,23). The summed E-state index contributed by atoms with van der Waals surface area (Å²) < 4.78 is 63.3. The van der Waals surface area contributed by atoms with Crippen LogP contribution in [0.1, 0.15) is 25.8 Å². The van der Waals surface area contributed by atoms with Gasteiger partial charge in [-0.25, -0.2) is 18.4 Å². The molecule has 1 heterocycles. The fourth-order valence-electron chi connectivity index (χ4n) is 1.93. The first kappa shape index (κ1) is 23.0. The second-order valence-corrected chi connectivity index (χ2v) is 8.33. The van der Waals surface area contributed by atoms with Crippen LogP contribution in [-0.2, 0) is 16.4 Å². The molecule has 2 N–H and O–H groups in total. The predicted octanol–water partition coefficient (Wildman–Crippen LogP) is 1.90. The Hall–Kier alpha value is -2.04. The molecule has 0 aliphatic rings. The van der Waals surface area contributed by atoms with Crippen molar-refractivity contribution >= 4 is 15.8 Å². The van der Waals surface area contributed by atoms with E-state index in [4.69, 9.17) is 0 Å². The lowest BCUT2D eigenvalue weighted by molar-refractivity contribution is -0.154. The van der Waals surface area contributed by atoms with E-state index in [9.17, 15) is 21.6 Å². The fraction of sp³-hybridized carbons (Fsp3) is 0.625. The van der Waals surface area contributed by atoms with Crippen LogP contribution >= 0.6 is 0 Å². The van der Waals surface area contributed by atoms with E-state index in [1.807, 2.05) is 13.8 Å². The Morgan fingerprint density at radius 2 is 2.07 bits per heavy atom. The van der Waals surface area contributed by atoms with E-state index in [-0.39, 0.29) is 24.2 Å². The Labute approximate surface area is 157 Å². The highest BCUT2D eigenvalue weighted by molar-refractivity contribution is 7.90. The summed E-state index contributed by atoms with van der Waals surface area (Å²) in [6, 6.07) is 2.83. The first-order valence-corrected chi connectivity index (χ1v) is 10.4. The minimum absolute atomic E-state index is 0.0733. The molecule has 1 unspecified atom stereocenters. The maximum atomic E-state index is 12.1. The van der Waals surface area contributed by atoms with Crippen molar-refractivity contribution in [1.29, 1.82) is 0 Å². The summed E-state index contributed by atoms with van der Waals surface area (Å²) in [4.78, 5) is 8.19. The summed E-state index contributed by atoms with van der Waals surface area (Å²) in [7, 11) is -3.03. The Bertz CT molecular complexity index is 707. The first-order valence-electron chi connectivity index (χ1n) is 8.35. The third kappa shape index (κ3) is 11.3. The average molecular weight is 410 g/mol. The lowest BCUT2D eigenvalue weighted by Crippen LogP contribution is -2.42. The number of aromatic nitrogens is 1. The molecule has 0 amide bonds. The smallest absolute Gasteiger partial charge is 0.422 e. The minimum atomic E-state index is -4.41. The topological polar surface area (TPSA) is 92.7 Å². The van der Waals surface area contributed by atoms with Gasteiger partial charge in [0.1, 0.15) is 9.84 Å². The van der Waals surface area contributed by atoms with Crippen LogP contribution in [0.15, 0.2) is 23.3 Å². The van der Waals surface area contributed by atoms with Crippen molar-refractivity contribution in [3.63, 3.8) is 0 Å². The highest BCUT2D eigenvalue weighted by atomic mass is 32.2. The molecule has 0 bridgehead atoms. The number of aliphatic imine (C=N–C) groups is 1. The highest BCUT2D eigenvalue weighted by Gasteiger charge is 2.28. The average Bonchev–Trinajstić information content (AvgIpc) is 2.56. The van der Waals surface area contributed by atoms with Gasteiger partial charge in [0.15, 0.2) is 12.6 Å². The molecule has 11 heteroatoms. The van der Waals surface area contributed by atoms with Gasteiger partial charge in [0, 0.05) is 31.1 Å². The lowest BCUT2D eigenvalue weighted by Gasteiger charge is -2.17. The molecule has 0 aliphatic heterocycles. The Kier molecular flexibility index (Phi) is 8.80. The molecular weight excluding hydrogens is 385 g/mol. The Balaban J connectivity index is 2.61. The van der Waals surface area contributed by atoms with Crippen molar-refractivity contribution in [3.8, 4) is 5.88 Å². The van der Waals surface area contributed by atoms with Crippen molar-refractivity contribution < 1.29 is 26.3 Å². The number of ether oxygens (including phenoxy) is 1. The third-order valence-electron chi connectivity index (χ3n) is 3.25. The van der Waals surface area contributed by atoms with Crippen molar-refractivity contribution in [2.45, 2.75) is 39.0 Å². The van der Waals surface area contributed by atoms with Crippen LogP contribution in [0.2, 0.25) is 0 Å². The van der Waals surface area contributed by atoms with Gasteiger partial charge in [0.25, 0.3) is 0 Å². The van der Waals surface area contributed by atoms with Gasteiger partial charge in [-0.3, -0.25) is 0 Å². The highest BCUT2D eigenvalue weighted by Crippen LogP contribution is 2.17. The molecule has 1 rings (SSSR count). The number of nitrogens with zero attached hydrogens (tertiary/aromatic N) is 2. The van der Waals surface area contributed by atoms with Crippen LogP contribution in [-0.4, -0.2) is 56.7 Å². The van der Waals surface area contributed by atoms with Crippen molar-refractivity contribution in [3.05, 3.63) is 23.9 Å². The van der Waals surface area contributed by atoms with Crippen LogP contribution in [0.25, 0.3) is 0 Å². The largest absolute Gasteiger partial charge is 0.468 e. The molecule has 0 fully saturated rings. The quantitative estimate of drug-likeness (QED) is 0.477. The van der Waals surface area contributed by atoms with Gasteiger partial charge in [-0.1, -0.05) is 6.07 Å². The second kappa shape index (κ2) is 10.3. The zero-order valence-corrected chi connectivity index (χ0v) is 16.3. The molecular formula is C16H25F3N4O3S. The van der Waals surface area contributed by atoms with E-state index in [2.05, 4.69) is 25.3 Å². The fourth-order valence-corrected chi connectivity index (χ4v) is 2.71. The van der Waals surface area contributed by atoms with Gasteiger partial charge in [0.2, 0.25) is 5.88 Å². The molecule has 0 spiro atoms. The molecule has 0 saturated carbocycles. The van der Waals surface area contributed by atoms with Crippen LogP contribution in [0, 0.1) is 0 Å². The summed E-state index contributed by atoms with van der Waals surface area (Å²) in [6.07, 6.45) is -1.39. The first-order chi connectivity index (χ1) is 12.5. The second-order valence-electron chi connectivity index (χ2n) is 6.07. The zero-order valence-electron chi connectivity index (χ0n) is 15.5. The van der Waals surface area contributed by atoms with E-state index in [0.29, 0.717) is 24.5 Å². The van der Waals surface area contributed by atoms with Crippen molar-refractivity contribution in [2.24, 2.45) is 4.99 Å². The van der Waals surface area contributed by atoms with E-state index < -0.39 is 22.6 Å². The molecule has 1 atom stereocenters. The van der Waals surface area contributed by atoms with E-state index in [1.54, 1.807) is 6.07 Å². The third-order valence-corrected chi connectivity index (χ3v) is 4.23. The summed E-state index contributed by atoms with van der Waals surface area (Å²) >= 11 is 0. The number of alkyl halides is 3. The van der Waals surface area contributed by atoms with Crippen LogP contribution in [0.4, 0.5) is 13.2 Å². The van der Waals surface area contributed by atoms with Crippen LogP contribution in [0.5, 0.6) is 5.88 Å². The van der Waals surface area contributed by atoms with Gasteiger partial charge < -0.3 is 15.4 Å². The molecule has 27 heavy (non-hydrogen) atoms. The number of guanidine groups is 1. The van der Waals surface area contributed by atoms with Gasteiger partial charge in [-0.05, 0) is 25.8 Å². The number of hydrogen-bond acceptors (Lipinski definition) is 5. The molecule has 0 saturated heterocycles. The summed E-state index contributed by atoms with van der Waals surface area (Å²) in [5, 5.41) is 6.16. The monoisotopic (exact) mass is 410 g/mol. The number of rotatable bonds is 9. The Morgan fingerprint density at radius 1 is 1.37 bits per heavy atom. The van der Waals surface area contributed by atoms with Crippen LogP contribution in [0.3, 0.4) is 0 Å². The number of pyridine rings is 1. The van der Waals surface area contributed by atoms with Crippen molar-refractivity contribution in [2.75, 3.05) is 25.2 Å². The molecule has 0 radical (unpaired) electrons. The van der Waals surface area contributed by atoms with Gasteiger partial charge in [-0.15, -0.1) is 0 Å². The molecule has 0 aliphatic carbocycles. The Morgan fingerprint density at radius 3 is 2.59 bits per heavy atom. The minimum Gasteiger partial charge on any atom is -0.468 e. The van der Waals surface area contributed by atoms with Crippen molar-refractivity contribution in [1.82, 2.24) is 15.6 Å². The summed E-state index contributed by atoms with van der Waals surface area (Å²) in [5.74, 6) is 0.472. The van der Waals surface area contributed by atoms with Gasteiger partial charge in [-0.2, -0.15) is 13.2 Å². The summed E-state index contributed by atoms with van der Waals surface area (Å²) in [6.45, 7) is 3.23. The number of halogens is 3. The summed E-state index contributed by atoms with van der Waals surface area (Å²) in [5.41, 5.74) is 0.690. The molecule has 7 nitrogen and oxygen atoms in total. The maximum Gasteiger partial charge on any atom is 0.422 e. The number of sulfone groups is 1.